The average Bonchev–Trinajstić information content (AvgIpc) is 2.75. The van der Waals surface area contributed by atoms with Gasteiger partial charge in [0, 0.05) is 41.8 Å². The number of aromatic nitrogens is 2. The highest BCUT2D eigenvalue weighted by molar-refractivity contribution is 6.04. The molecule has 0 atom stereocenters. The molecule has 2 aromatic carbocycles. The summed E-state index contributed by atoms with van der Waals surface area (Å²) in [6, 6.07) is 16.4. The van der Waals surface area contributed by atoms with Gasteiger partial charge in [0.1, 0.15) is 11.6 Å². The lowest BCUT2D eigenvalue weighted by Gasteiger charge is -2.20. The maximum Gasteiger partial charge on any atom is 0.255 e. The van der Waals surface area contributed by atoms with Crippen molar-refractivity contribution in [3.8, 4) is 5.75 Å². The number of ether oxygens (including phenoxy) is 1. The van der Waals surface area contributed by atoms with Crippen LogP contribution in [0.1, 0.15) is 29.9 Å². The Morgan fingerprint density at radius 1 is 1.00 bits per heavy atom. The van der Waals surface area contributed by atoms with Gasteiger partial charge < -0.3 is 20.3 Å². The third-order valence-corrected chi connectivity index (χ3v) is 4.66. The zero-order valence-electron chi connectivity index (χ0n) is 17.8. The molecule has 0 fully saturated rings. The van der Waals surface area contributed by atoms with E-state index in [1.165, 1.54) is 0 Å². The van der Waals surface area contributed by atoms with Gasteiger partial charge in [-0.2, -0.15) is 4.98 Å². The second-order valence-electron chi connectivity index (χ2n) is 6.75. The first-order valence-corrected chi connectivity index (χ1v) is 9.95. The summed E-state index contributed by atoms with van der Waals surface area (Å²) in [6.45, 7) is 7.93. The van der Waals surface area contributed by atoms with Gasteiger partial charge in [-0.05, 0) is 63.2 Å². The third-order valence-electron chi connectivity index (χ3n) is 4.66. The molecule has 0 unspecified atom stereocenters. The Labute approximate surface area is 177 Å². The molecule has 30 heavy (non-hydrogen) atoms. The first kappa shape index (κ1) is 21.1. The summed E-state index contributed by atoms with van der Waals surface area (Å²) in [6.07, 6.45) is 0. The molecule has 7 heteroatoms. The SMILES string of the molecule is CCN(CC)c1cc(C)nc(Nc2ccc(NC(=O)c3cccc(OC)c3)cc2)n1. The molecule has 0 aliphatic rings. The van der Waals surface area contributed by atoms with Crippen LogP contribution in [0.5, 0.6) is 5.75 Å². The Hall–Kier alpha value is -3.61. The highest BCUT2D eigenvalue weighted by atomic mass is 16.5. The Kier molecular flexibility index (Phi) is 6.85. The van der Waals surface area contributed by atoms with Gasteiger partial charge in [0.2, 0.25) is 5.95 Å². The average molecular weight is 406 g/mol. The number of methoxy groups -OCH3 is 1. The lowest BCUT2D eigenvalue weighted by molar-refractivity contribution is 0.102. The van der Waals surface area contributed by atoms with Gasteiger partial charge in [-0.3, -0.25) is 4.79 Å². The summed E-state index contributed by atoms with van der Waals surface area (Å²) in [5.41, 5.74) is 2.97. The second-order valence-corrected chi connectivity index (χ2v) is 6.75. The summed E-state index contributed by atoms with van der Waals surface area (Å²) < 4.78 is 5.17. The Morgan fingerprint density at radius 2 is 1.70 bits per heavy atom. The van der Waals surface area contributed by atoms with E-state index in [2.05, 4.69) is 39.3 Å². The molecular weight excluding hydrogens is 378 g/mol. The molecule has 0 spiro atoms. The van der Waals surface area contributed by atoms with Crippen molar-refractivity contribution >= 4 is 29.0 Å². The number of carbonyl (C=O) groups is 1. The van der Waals surface area contributed by atoms with E-state index in [0.717, 1.165) is 30.3 Å². The lowest BCUT2D eigenvalue weighted by atomic mass is 10.2. The molecular formula is C23H27N5O2. The predicted octanol–water partition coefficient (Wildman–Crippen LogP) is 4.64. The number of hydrogen-bond donors (Lipinski definition) is 2. The Morgan fingerprint density at radius 3 is 2.37 bits per heavy atom. The third kappa shape index (κ3) is 5.26. The number of nitrogens with zero attached hydrogens (tertiary/aromatic N) is 3. The summed E-state index contributed by atoms with van der Waals surface area (Å²) in [4.78, 5) is 23.7. The topological polar surface area (TPSA) is 79.4 Å². The van der Waals surface area contributed by atoms with Gasteiger partial charge in [0.25, 0.3) is 5.91 Å². The number of anilines is 4. The van der Waals surface area contributed by atoms with E-state index in [1.54, 1.807) is 31.4 Å². The van der Waals surface area contributed by atoms with Crippen LogP contribution in [0.2, 0.25) is 0 Å². The van der Waals surface area contributed by atoms with E-state index >= 15 is 0 Å². The monoisotopic (exact) mass is 405 g/mol. The molecule has 3 aromatic rings. The van der Waals surface area contributed by atoms with Crippen LogP contribution in [0, 0.1) is 6.92 Å². The molecule has 3 rings (SSSR count). The summed E-state index contributed by atoms with van der Waals surface area (Å²) >= 11 is 0. The molecule has 0 radical (unpaired) electrons. The number of hydrogen-bond acceptors (Lipinski definition) is 6. The standard InChI is InChI=1S/C23H27N5O2/c1-5-28(6-2)21-14-16(3)24-23(27-21)26-19-12-10-18(11-13-19)25-22(29)17-8-7-9-20(15-17)30-4/h7-15H,5-6H2,1-4H3,(H,25,29)(H,24,26,27). The maximum atomic E-state index is 12.4. The molecule has 2 N–H and O–H groups in total. The quantitative estimate of drug-likeness (QED) is 0.569. The molecule has 0 aliphatic carbocycles. The van der Waals surface area contributed by atoms with Crippen LogP contribution in [0.15, 0.2) is 54.6 Å². The summed E-state index contributed by atoms with van der Waals surface area (Å²) in [5, 5.41) is 6.13. The van der Waals surface area contributed by atoms with Crippen molar-refractivity contribution in [1.29, 1.82) is 0 Å². The van der Waals surface area contributed by atoms with Crippen molar-refractivity contribution in [3.05, 3.63) is 65.9 Å². The molecule has 1 heterocycles. The Balaban J connectivity index is 1.69. The zero-order valence-corrected chi connectivity index (χ0v) is 17.8. The van der Waals surface area contributed by atoms with Gasteiger partial charge in [0.05, 0.1) is 7.11 Å². The maximum absolute atomic E-state index is 12.4. The van der Waals surface area contributed by atoms with E-state index in [0.29, 0.717) is 22.9 Å². The molecule has 0 saturated carbocycles. The van der Waals surface area contributed by atoms with Crippen LogP contribution < -0.4 is 20.3 Å². The minimum absolute atomic E-state index is 0.194. The van der Waals surface area contributed by atoms with Crippen LogP contribution in [0.25, 0.3) is 0 Å². The number of amides is 1. The first-order valence-electron chi connectivity index (χ1n) is 9.95. The molecule has 156 valence electrons. The number of nitrogens with one attached hydrogen (secondary N) is 2. The van der Waals surface area contributed by atoms with Crippen molar-refractivity contribution in [1.82, 2.24) is 9.97 Å². The van der Waals surface area contributed by atoms with Crippen LogP contribution in [0.4, 0.5) is 23.1 Å². The van der Waals surface area contributed by atoms with E-state index in [-0.39, 0.29) is 5.91 Å². The molecule has 0 aliphatic heterocycles. The molecule has 1 aromatic heterocycles. The fourth-order valence-electron chi connectivity index (χ4n) is 3.05. The highest BCUT2D eigenvalue weighted by Gasteiger charge is 2.09. The minimum Gasteiger partial charge on any atom is -0.497 e. The van der Waals surface area contributed by atoms with Crippen LogP contribution >= 0.6 is 0 Å². The van der Waals surface area contributed by atoms with E-state index in [9.17, 15) is 4.79 Å². The van der Waals surface area contributed by atoms with Crippen LogP contribution in [0.3, 0.4) is 0 Å². The van der Waals surface area contributed by atoms with E-state index in [1.807, 2.05) is 37.3 Å². The lowest BCUT2D eigenvalue weighted by Crippen LogP contribution is -2.23. The fraction of sp³-hybridized carbons (Fsp3) is 0.261. The van der Waals surface area contributed by atoms with Gasteiger partial charge in [0.15, 0.2) is 0 Å². The molecule has 0 saturated heterocycles. The predicted molar refractivity (Wildman–Crippen MR) is 121 cm³/mol. The smallest absolute Gasteiger partial charge is 0.255 e. The van der Waals surface area contributed by atoms with Gasteiger partial charge in [-0.1, -0.05) is 6.07 Å². The van der Waals surface area contributed by atoms with Gasteiger partial charge in [-0.15, -0.1) is 0 Å². The summed E-state index contributed by atoms with van der Waals surface area (Å²) in [7, 11) is 1.58. The number of carbonyl (C=O) groups excluding carboxylic acids is 1. The molecule has 7 nitrogen and oxygen atoms in total. The normalized spacial score (nSPS) is 10.4. The van der Waals surface area contributed by atoms with Crippen molar-refractivity contribution in [2.75, 3.05) is 35.7 Å². The van der Waals surface area contributed by atoms with Crippen LogP contribution in [-0.2, 0) is 0 Å². The molecule has 1 amide bonds. The fourth-order valence-corrected chi connectivity index (χ4v) is 3.05. The van der Waals surface area contributed by atoms with Crippen molar-refractivity contribution in [3.63, 3.8) is 0 Å². The van der Waals surface area contributed by atoms with Crippen LogP contribution in [-0.4, -0.2) is 36.1 Å². The Bertz CT molecular complexity index is 1000. The number of aryl methyl sites for hydroxylation is 1. The van der Waals surface area contributed by atoms with E-state index in [4.69, 9.17) is 4.74 Å². The molecule has 0 bridgehead atoms. The number of benzene rings is 2. The van der Waals surface area contributed by atoms with E-state index < -0.39 is 0 Å². The second kappa shape index (κ2) is 9.73. The van der Waals surface area contributed by atoms with Gasteiger partial charge in [-0.25, -0.2) is 4.98 Å². The van der Waals surface area contributed by atoms with Crippen molar-refractivity contribution in [2.45, 2.75) is 20.8 Å². The highest BCUT2D eigenvalue weighted by Crippen LogP contribution is 2.21. The van der Waals surface area contributed by atoms with Crippen molar-refractivity contribution < 1.29 is 9.53 Å². The van der Waals surface area contributed by atoms with Gasteiger partial charge >= 0.3 is 0 Å². The van der Waals surface area contributed by atoms with Crippen molar-refractivity contribution in [2.24, 2.45) is 0 Å². The largest absolute Gasteiger partial charge is 0.497 e. The minimum atomic E-state index is -0.194. The summed E-state index contributed by atoms with van der Waals surface area (Å²) in [5.74, 6) is 1.90. The number of rotatable bonds is 8. The zero-order chi connectivity index (χ0) is 21.5. The first-order chi connectivity index (χ1) is 14.5.